The highest BCUT2D eigenvalue weighted by molar-refractivity contribution is 5.76. The van der Waals surface area contributed by atoms with Crippen LogP contribution in [0.2, 0.25) is 0 Å². The number of rotatable bonds is 5. The number of para-hydroxylation sites is 1. The lowest BCUT2D eigenvalue weighted by Gasteiger charge is -2.36. The SMILES string of the molecule is O=C(Cn1c(=O)ccn(Cc2ccccc2)c1=O)N1CCN(c2ccccc2)CC1. The van der Waals surface area contributed by atoms with Gasteiger partial charge in [0.15, 0.2) is 0 Å². The molecule has 0 N–H and O–H groups in total. The molecule has 0 saturated carbocycles. The Bertz CT molecular complexity index is 1110. The molecule has 7 nitrogen and oxygen atoms in total. The van der Waals surface area contributed by atoms with Crippen molar-refractivity contribution in [1.82, 2.24) is 14.0 Å². The molecule has 1 aliphatic heterocycles. The average molecular weight is 404 g/mol. The highest BCUT2D eigenvalue weighted by atomic mass is 16.2. The lowest BCUT2D eigenvalue weighted by atomic mass is 10.2. The fourth-order valence-electron chi connectivity index (χ4n) is 3.69. The minimum absolute atomic E-state index is 0.209. The number of carbonyl (C=O) groups is 1. The van der Waals surface area contributed by atoms with E-state index in [1.54, 1.807) is 4.90 Å². The van der Waals surface area contributed by atoms with Gasteiger partial charge >= 0.3 is 5.69 Å². The van der Waals surface area contributed by atoms with Crippen LogP contribution in [-0.4, -0.2) is 46.1 Å². The van der Waals surface area contributed by atoms with Gasteiger partial charge in [-0.3, -0.25) is 18.7 Å². The van der Waals surface area contributed by atoms with Crippen molar-refractivity contribution < 1.29 is 4.79 Å². The summed E-state index contributed by atoms with van der Waals surface area (Å²) in [5.41, 5.74) is 1.16. The molecule has 2 aromatic carbocycles. The van der Waals surface area contributed by atoms with E-state index in [4.69, 9.17) is 0 Å². The van der Waals surface area contributed by atoms with Gasteiger partial charge in [-0.25, -0.2) is 4.79 Å². The first-order valence-corrected chi connectivity index (χ1v) is 10.0. The molecule has 1 fully saturated rings. The fraction of sp³-hybridized carbons (Fsp3) is 0.261. The molecule has 0 bridgehead atoms. The van der Waals surface area contributed by atoms with Crippen LogP contribution in [0.5, 0.6) is 0 Å². The Hall–Kier alpha value is -3.61. The van der Waals surface area contributed by atoms with E-state index in [9.17, 15) is 14.4 Å². The van der Waals surface area contributed by atoms with Crippen LogP contribution in [0, 0.1) is 0 Å². The van der Waals surface area contributed by atoms with Crippen molar-refractivity contribution in [3.63, 3.8) is 0 Å². The van der Waals surface area contributed by atoms with E-state index in [0.29, 0.717) is 19.6 Å². The second kappa shape index (κ2) is 8.82. The molecule has 4 rings (SSSR count). The van der Waals surface area contributed by atoms with Gasteiger partial charge in [-0.15, -0.1) is 0 Å². The van der Waals surface area contributed by atoms with E-state index < -0.39 is 11.2 Å². The van der Waals surface area contributed by atoms with Gasteiger partial charge in [0.2, 0.25) is 5.91 Å². The van der Waals surface area contributed by atoms with Gasteiger partial charge in [0, 0.05) is 44.1 Å². The van der Waals surface area contributed by atoms with Gasteiger partial charge in [0.25, 0.3) is 5.56 Å². The first kappa shape index (κ1) is 19.7. The lowest BCUT2D eigenvalue weighted by molar-refractivity contribution is -0.132. The van der Waals surface area contributed by atoms with E-state index in [1.165, 1.54) is 16.8 Å². The standard InChI is InChI=1S/C23H24N4O3/c28-21-11-12-26(17-19-7-3-1-4-8-19)23(30)27(21)18-22(29)25-15-13-24(14-16-25)20-9-5-2-6-10-20/h1-12H,13-18H2. The summed E-state index contributed by atoms with van der Waals surface area (Å²) in [7, 11) is 0. The van der Waals surface area contributed by atoms with Gasteiger partial charge in [-0.2, -0.15) is 0 Å². The van der Waals surface area contributed by atoms with Crippen LogP contribution < -0.4 is 16.1 Å². The van der Waals surface area contributed by atoms with Crippen LogP contribution in [0.25, 0.3) is 0 Å². The van der Waals surface area contributed by atoms with Crippen LogP contribution in [0.15, 0.2) is 82.5 Å². The molecule has 1 amide bonds. The van der Waals surface area contributed by atoms with Crippen molar-refractivity contribution in [2.24, 2.45) is 0 Å². The fourth-order valence-corrected chi connectivity index (χ4v) is 3.69. The average Bonchev–Trinajstić information content (AvgIpc) is 2.80. The molecule has 154 valence electrons. The van der Waals surface area contributed by atoms with Gasteiger partial charge in [0.05, 0.1) is 6.54 Å². The first-order chi connectivity index (χ1) is 14.6. The van der Waals surface area contributed by atoms with Gasteiger partial charge in [-0.05, 0) is 17.7 Å². The predicted octanol–water partition coefficient (Wildman–Crippen LogP) is 1.41. The van der Waals surface area contributed by atoms with Crippen molar-refractivity contribution in [3.05, 3.63) is 99.3 Å². The van der Waals surface area contributed by atoms with Gasteiger partial charge < -0.3 is 9.80 Å². The number of carbonyl (C=O) groups excluding carboxylic acids is 1. The van der Waals surface area contributed by atoms with Crippen molar-refractivity contribution in [2.45, 2.75) is 13.1 Å². The number of hydrogen-bond acceptors (Lipinski definition) is 4. The third kappa shape index (κ3) is 4.35. The molecule has 0 atom stereocenters. The summed E-state index contributed by atoms with van der Waals surface area (Å²) in [6.45, 7) is 2.68. The summed E-state index contributed by atoms with van der Waals surface area (Å²) in [5.74, 6) is -0.209. The molecule has 1 aliphatic rings. The number of anilines is 1. The topological polar surface area (TPSA) is 67.5 Å². The van der Waals surface area contributed by atoms with Crippen LogP contribution >= 0.6 is 0 Å². The summed E-state index contributed by atoms with van der Waals surface area (Å²) >= 11 is 0. The maximum atomic E-state index is 12.8. The van der Waals surface area contributed by atoms with Crippen molar-refractivity contribution >= 4 is 11.6 Å². The molecule has 0 spiro atoms. The Kier molecular flexibility index (Phi) is 5.79. The normalized spacial score (nSPS) is 14.0. The molecule has 0 aliphatic carbocycles. The lowest BCUT2D eigenvalue weighted by Crippen LogP contribution is -2.51. The minimum atomic E-state index is -0.470. The number of amides is 1. The van der Waals surface area contributed by atoms with Crippen LogP contribution in [0.3, 0.4) is 0 Å². The number of benzene rings is 2. The smallest absolute Gasteiger partial charge is 0.331 e. The zero-order chi connectivity index (χ0) is 20.9. The second-order valence-corrected chi connectivity index (χ2v) is 7.34. The molecular weight excluding hydrogens is 380 g/mol. The third-order valence-electron chi connectivity index (χ3n) is 5.38. The molecule has 7 heteroatoms. The largest absolute Gasteiger partial charge is 0.368 e. The summed E-state index contributed by atoms with van der Waals surface area (Å²) in [4.78, 5) is 41.8. The summed E-state index contributed by atoms with van der Waals surface area (Å²) in [5, 5.41) is 0. The second-order valence-electron chi connectivity index (χ2n) is 7.34. The Balaban J connectivity index is 1.44. The highest BCUT2D eigenvalue weighted by Gasteiger charge is 2.22. The van der Waals surface area contributed by atoms with Gasteiger partial charge in [-0.1, -0.05) is 48.5 Å². The molecule has 3 aromatic rings. The maximum absolute atomic E-state index is 12.8. The Labute approximate surface area is 174 Å². The van der Waals surface area contributed by atoms with Crippen LogP contribution in [0.1, 0.15) is 5.56 Å². The molecular formula is C23H24N4O3. The number of piperazine rings is 1. The predicted molar refractivity (Wildman–Crippen MR) is 116 cm³/mol. The van der Waals surface area contributed by atoms with E-state index in [-0.39, 0.29) is 12.5 Å². The molecule has 2 heterocycles. The molecule has 30 heavy (non-hydrogen) atoms. The van der Waals surface area contributed by atoms with E-state index in [1.807, 2.05) is 48.5 Å². The Morgan fingerprint density at radius 2 is 1.43 bits per heavy atom. The van der Waals surface area contributed by atoms with Crippen LogP contribution in [0.4, 0.5) is 5.69 Å². The molecule has 1 saturated heterocycles. The third-order valence-corrected chi connectivity index (χ3v) is 5.38. The first-order valence-electron chi connectivity index (χ1n) is 10.0. The monoisotopic (exact) mass is 404 g/mol. The Morgan fingerprint density at radius 3 is 2.10 bits per heavy atom. The van der Waals surface area contributed by atoms with Crippen LogP contribution in [-0.2, 0) is 17.9 Å². The molecule has 0 unspecified atom stereocenters. The maximum Gasteiger partial charge on any atom is 0.331 e. The zero-order valence-electron chi connectivity index (χ0n) is 16.7. The number of hydrogen-bond donors (Lipinski definition) is 0. The van der Waals surface area contributed by atoms with Gasteiger partial charge in [0.1, 0.15) is 6.54 Å². The highest BCUT2D eigenvalue weighted by Crippen LogP contribution is 2.15. The summed E-state index contributed by atoms with van der Waals surface area (Å²) in [6.07, 6.45) is 1.48. The zero-order valence-corrected chi connectivity index (χ0v) is 16.7. The number of nitrogens with zero attached hydrogens (tertiary/aromatic N) is 4. The molecule has 0 radical (unpaired) electrons. The quantitative estimate of drug-likeness (QED) is 0.645. The van der Waals surface area contributed by atoms with Crippen molar-refractivity contribution in [3.8, 4) is 0 Å². The summed E-state index contributed by atoms with van der Waals surface area (Å²) in [6, 6.07) is 20.9. The van der Waals surface area contributed by atoms with Crippen molar-refractivity contribution in [2.75, 3.05) is 31.1 Å². The minimum Gasteiger partial charge on any atom is -0.368 e. The van der Waals surface area contributed by atoms with E-state index >= 15 is 0 Å². The van der Waals surface area contributed by atoms with E-state index in [2.05, 4.69) is 17.0 Å². The van der Waals surface area contributed by atoms with Crippen molar-refractivity contribution in [1.29, 1.82) is 0 Å². The Morgan fingerprint density at radius 1 is 0.800 bits per heavy atom. The molecule has 1 aromatic heterocycles. The van der Waals surface area contributed by atoms with E-state index in [0.717, 1.165) is 28.9 Å². The summed E-state index contributed by atoms with van der Waals surface area (Å²) < 4.78 is 2.48. The number of aromatic nitrogens is 2.